The molecule has 0 unspecified atom stereocenters. The number of amides is 1. The van der Waals surface area contributed by atoms with E-state index < -0.39 is 17.2 Å². The Hall–Kier alpha value is -3.00. The fourth-order valence-corrected chi connectivity index (χ4v) is 4.34. The second kappa shape index (κ2) is 8.74. The number of carbonyl (C=O) groups excluding carboxylic acids is 1. The zero-order valence-corrected chi connectivity index (χ0v) is 19.3. The van der Waals surface area contributed by atoms with E-state index in [1.165, 1.54) is 12.3 Å². The van der Waals surface area contributed by atoms with Gasteiger partial charge < -0.3 is 14.2 Å². The molecule has 1 amide bonds. The number of hydrogen-bond acceptors (Lipinski definition) is 4. The highest BCUT2D eigenvalue weighted by Gasteiger charge is 2.29. The first-order valence-electron chi connectivity index (χ1n) is 10.7. The van der Waals surface area contributed by atoms with Crippen molar-refractivity contribution < 1.29 is 18.3 Å². The van der Waals surface area contributed by atoms with Crippen LogP contribution in [0.3, 0.4) is 0 Å². The van der Waals surface area contributed by atoms with Gasteiger partial charge in [0, 0.05) is 36.3 Å². The summed E-state index contributed by atoms with van der Waals surface area (Å²) >= 11 is 6.47. The van der Waals surface area contributed by atoms with Crippen molar-refractivity contribution in [3.05, 3.63) is 63.5 Å². The summed E-state index contributed by atoms with van der Waals surface area (Å²) in [6.45, 7) is 6.34. The Morgan fingerprint density at radius 2 is 1.82 bits per heavy atom. The molecule has 1 aliphatic heterocycles. The third-order valence-electron chi connectivity index (χ3n) is 5.58. The minimum Gasteiger partial charge on any atom is -0.444 e. The van der Waals surface area contributed by atoms with Gasteiger partial charge in [0.25, 0.3) is 5.56 Å². The molecule has 0 bridgehead atoms. The summed E-state index contributed by atoms with van der Waals surface area (Å²) in [7, 11) is 0. The molecule has 174 valence electrons. The van der Waals surface area contributed by atoms with E-state index in [0.717, 1.165) is 12.1 Å². The summed E-state index contributed by atoms with van der Waals surface area (Å²) in [5, 5.41) is 0.223. The SMILES string of the molecule is CC(C)(C)OC(=O)N1CCC(n2c(=O)cnc3cc(-c4ccc(F)cc4F)c(Cl)cc32)CC1. The predicted molar refractivity (Wildman–Crippen MR) is 122 cm³/mol. The minimum absolute atomic E-state index is 0.147. The lowest BCUT2D eigenvalue weighted by molar-refractivity contribution is 0.0189. The van der Waals surface area contributed by atoms with E-state index in [9.17, 15) is 18.4 Å². The lowest BCUT2D eigenvalue weighted by Gasteiger charge is -2.34. The molecule has 0 N–H and O–H groups in total. The van der Waals surface area contributed by atoms with Crippen LogP contribution < -0.4 is 5.56 Å². The molecular weight excluding hydrogens is 452 g/mol. The Bertz CT molecular complexity index is 1280. The number of carbonyl (C=O) groups is 1. The van der Waals surface area contributed by atoms with Gasteiger partial charge in [0.2, 0.25) is 0 Å². The van der Waals surface area contributed by atoms with Gasteiger partial charge in [-0.15, -0.1) is 0 Å². The Kier molecular flexibility index (Phi) is 6.14. The third kappa shape index (κ3) is 4.85. The quantitative estimate of drug-likeness (QED) is 0.486. The second-order valence-electron chi connectivity index (χ2n) is 9.11. The molecule has 1 aromatic heterocycles. The van der Waals surface area contributed by atoms with Crippen molar-refractivity contribution in [2.75, 3.05) is 13.1 Å². The van der Waals surface area contributed by atoms with Crippen LogP contribution >= 0.6 is 11.6 Å². The number of rotatable bonds is 2. The minimum atomic E-state index is -0.737. The first kappa shape index (κ1) is 23.2. The average Bonchev–Trinajstić information content (AvgIpc) is 2.73. The van der Waals surface area contributed by atoms with Gasteiger partial charge in [0.05, 0.1) is 22.3 Å². The highest BCUT2D eigenvalue weighted by Crippen LogP contribution is 2.34. The molecule has 6 nitrogen and oxygen atoms in total. The maximum Gasteiger partial charge on any atom is 0.410 e. The Balaban J connectivity index is 1.65. The van der Waals surface area contributed by atoms with E-state index in [0.29, 0.717) is 42.5 Å². The van der Waals surface area contributed by atoms with Crippen LogP contribution in [-0.2, 0) is 4.74 Å². The zero-order chi connectivity index (χ0) is 23.9. The van der Waals surface area contributed by atoms with Gasteiger partial charge >= 0.3 is 6.09 Å². The van der Waals surface area contributed by atoms with E-state index in [-0.39, 0.29) is 28.3 Å². The van der Waals surface area contributed by atoms with Crippen LogP contribution in [0.4, 0.5) is 13.6 Å². The van der Waals surface area contributed by atoms with E-state index in [1.807, 2.05) is 20.8 Å². The molecule has 0 spiro atoms. The molecule has 1 aliphatic rings. The fourth-order valence-electron chi connectivity index (χ4n) is 4.08. The molecule has 4 rings (SSSR count). The number of fused-ring (bicyclic) bond motifs is 1. The van der Waals surface area contributed by atoms with Crippen molar-refractivity contribution in [2.45, 2.75) is 45.3 Å². The number of hydrogen-bond donors (Lipinski definition) is 0. The second-order valence-corrected chi connectivity index (χ2v) is 9.52. The number of halogens is 3. The number of likely N-dealkylation sites (tertiary alicyclic amines) is 1. The largest absolute Gasteiger partial charge is 0.444 e. The van der Waals surface area contributed by atoms with E-state index in [1.54, 1.807) is 21.6 Å². The molecule has 0 saturated carbocycles. The standard InChI is InChI=1S/C24H24ClF2N3O3/c1-24(2,3)33-23(32)29-8-6-15(7-9-29)30-21-12-18(25)17(11-20(21)28-13-22(30)31)16-5-4-14(26)10-19(16)27/h4-5,10-13,15H,6-9H2,1-3H3. The molecule has 2 aromatic carbocycles. The summed E-state index contributed by atoms with van der Waals surface area (Å²) in [6, 6.07) is 6.30. The van der Waals surface area contributed by atoms with Gasteiger partial charge in [-0.05, 0) is 57.9 Å². The maximum absolute atomic E-state index is 14.3. The molecule has 0 atom stereocenters. The summed E-state index contributed by atoms with van der Waals surface area (Å²) < 4.78 is 34.7. The number of nitrogens with zero attached hydrogens (tertiary/aromatic N) is 3. The Morgan fingerprint density at radius 1 is 1.12 bits per heavy atom. The van der Waals surface area contributed by atoms with Gasteiger partial charge in [0.1, 0.15) is 17.2 Å². The predicted octanol–water partition coefficient (Wildman–Crippen LogP) is 5.57. The van der Waals surface area contributed by atoms with Gasteiger partial charge in [-0.1, -0.05) is 11.6 Å². The lowest BCUT2D eigenvalue weighted by Crippen LogP contribution is -2.43. The van der Waals surface area contributed by atoms with Crippen molar-refractivity contribution in [1.29, 1.82) is 0 Å². The highest BCUT2D eigenvalue weighted by molar-refractivity contribution is 6.34. The van der Waals surface area contributed by atoms with Gasteiger partial charge in [-0.25, -0.2) is 18.6 Å². The van der Waals surface area contributed by atoms with E-state index in [4.69, 9.17) is 16.3 Å². The number of piperidine rings is 1. The highest BCUT2D eigenvalue weighted by atomic mass is 35.5. The summed E-state index contributed by atoms with van der Waals surface area (Å²) in [6.07, 6.45) is 1.97. The topological polar surface area (TPSA) is 64.4 Å². The third-order valence-corrected chi connectivity index (χ3v) is 5.89. The van der Waals surface area contributed by atoms with Crippen LogP contribution in [0.5, 0.6) is 0 Å². The van der Waals surface area contributed by atoms with Gasteiger partial charge in [0.15, 0.2) is 0 Å². The maximum atomic E-state index is 14.3. The summed E-state index contributed by atoms with van der Waals surface area (Å²) in [5.41, 5.74) is 0.634. The fraction of sp³-hybridized carbons (Fsp3) is 0.375. The van der Waals surface area contributed by atoms with Gasteiger partial charge in [-0.3, -0.25) is 4.79 Å². The van der Waals surface area contributed by atoms with Crippen LogP contribution in [0.25, 0.3) is 22.2 Å². The molecular formula is C24H24ClF2N3O3. The summed E-state index contributed by atoms with van der Waals surface area (Å²) in [4.78, 5) is 31.0. The molecule has 33 heavy (non-hydrogen) atoms. The van der Waals surface area contributed by atoms with Crippen LogP contribution in [-0.4, -0.2) is 39.2 Å². The molecule has 9 heteroatoms. The monoisotopic (exact) mass is 475 g/mol. The molecule has 0 aliphatic carbocycles. The van der Waals surface area contributed by atoms with Crippen LogP contribution in [0.2, 0.25) is 5.02 Å². The Morgan fingerprint density at radius 3 is 2.45 bits per heavy atom. The van der Waals surface area contributed by atoms with Crippen LogP contribution in [0.1, 0.15) is 39.7 Å². The van der Waals surface area contributed by atoms with Gasteiger partial charge in [-0.2, -0.15) is 0 Å². The van der Waals surface area contributed by atoms with Crippen molar-refractivity contribution in [2.24, 2.45) is 0 Å². The molecule has 1 saturated heterocycles. The van der Waals surface area contributed by atoms with E-state index in [2.05, 4.69) is 4.98 Å². The first-order chi connectivity index (χ1) is 15.5. The number of benzene rings is 2. The lowest BCUT2D eigenvalue weighted by atomic mass is 10.0. The summed E-state index contributed by atoms with van der Waals surface area (Å²) in [5.74, 6) is -1.42. The molecule has 1 fully saturated rings. The van der Waals surface area contributed by atoms with Crippen molar-refractivity contribution in [3.8, 4) is 11.1 Å². The average molecular weight is 476 g/mol. The van der Waals surface area contributed by atoms with E-state index >= 15 is 0 Å². The number of aromatic nitrogens is 2. The normalized spacial score (nSPS) is 15.2. The van der Waals surface area contributed by atoms with Crippen molar-refractivity contribution >= 4 is 28.7 Å². The molecule has 2 heterocycles. The smallest absolute Gasteiger partial charge is 0.410 e. The van der Waals surface area contributed by atoms with Crippen LogP contribution in [0.15, 0.2) is 41.3 Å². The first-order valence-corrected chi connectivity index (χ1v) is 11.1. The number of ether oxygens (including phenoxy) is 1. The Labute approximate surface area is 194 Å². The van der Waals surface area contributed by atoms with Crippen LogP contribution in [0, 0.1) is 11.6 Å². The molecule has 0 radical (unpaired) electrons. The van der Waals surface area contributed by atoms with Crippen molar-refractivity contribution in [1.82, 2.24) is 14.5 Å². The van der Waals surface area contributed by atoms with Crippen molar-refractivity contribution in [3.63, 3.8) is 0 Å². The molecule has 3 aromatic rings. The zero-order valence-electron chi connectivity index (χ0n) is 18.6.